The van der Waals surface area contributed by atoms with E-state index in [1.54, 1.807) is 12.3 Å². The summed E-state index contributed by atoms with van der Waals surface area (Å²) in [6.07, 6.45) is 4.88. The van der Waals surface area contributed by atoms with Gasteiger partial charge in [-0.3, -0.25) is 9.59 Å². The highest BCUT2D eigenvalue weighted by Crippen LogP contribution is 2.16. The summed E-state index contributed by atoms with van der Waals surface area (Å²) in [7, 11) is 0. The quantitative estimate of drug-likeness (QED) is 0.845. The number of likely N-dealkylation sites (tertiary alicyclic amines) is 1. The summed E-state index contributed by atoms with van der Waals surface area (Å²) in [6.45, 7) is 2.87. The highest BCUT2D eigenvalue weighted by molar-refractivity contribution is 5.81. The summed E-state index contributed by atoms with van der Waals surface area (Å²) in [4.78, 5) is 26.6. The highest BCUT2D eigenvalue weighted by atomic mass is 16.2. The average Bonchev–Trinajstić information content (AvgIpc) is 2.51. The number of amides is 1. The van der Waals surface area contributed by atoms with E-state index in [1.165, 1.54) is 11.1 Å². The van der Waals surface area contributed by atoms with Crippen molar-refractivity contribution in [2.45, 2.75) is 38.8 Å². The molecular formula is C16H19N3O2. The summed E-state index contributed by atoms with van der Waals surface area (Å²) in [5.74, 6) is -0.0212. The predicted octanol–water partition coefficient (Wildman–Crippen LogP) is 1.80. The Morgan fingerprint density at radius 2 is 2.14 bits per heavy atom. The van der Waals surface area contributed by atoms with Crippen molar-refractivity contribution >= 4 is 16.7 Å². The lowest BCUT2D eigenvalue weighted by atomic mass is 10.0. The highest BCUT2D eigenvalue weighted by Gasteiger charge is 2.23. The molecule has 1 amide bonds. The molecule has 21 heavy (non-hydrogen) atoms. The second kappa shape index (κ2) is 5.68. The van der Waals surface area contributed by atoms with Crippen molar-refractivity contribution in [2.24, 2.45) is 0 Å². The number of hydrogen-bond acceptors (Lipinski definition) is 3. The van der Waals surface area contributed by atoms with Crippen LogP contribution in [0.5, 0.6) is 0 Å². The number of carbonyl (C=O) groups is 1. The van der Waals surface area contributed by atoms with Gasteiger partial charge >= 0.3 is 0 Å². The summed E-state index contributed by atoms with van der Waals surface area (Å²) in [5, 5.41) is 5.53. The van der Waals surface area contributed by atoms with Gasteiger partial charge in [-0.1, -0.05) is 18.2 Å². The fraction of sp³-hybridized carbons (Fsp3) is 0.438. The Labute approximate surface area is 123 Å². The Hall–Kier alpha value is -2.17. The Morgan fingerprint density at radius 3 is 2.95 bits per heavy atom. The number of benzene rings is 1. The van der Waals surface area contributed by atoms with Crippen LogP contribution in [-0.4, -0.2) is 33.2 Å². The molecule has 1 atom stereocenters. The SMILES string of the molecule is C[C@H]1CCCCN1C(=O)Cn1ncc2ccccc2c1=O. The molecule has 1 aliphatic rings. The van der Waals surface area contributed by atoms with E-state index in [-0.39, 0.29) is 24.1 Å². The molecule has 0 unspecified atom stereocenters. The van der Waals surface area contributed by atoms with E-state index < -0.39 is 0 Å². The molecule has 2 aromatic rings. The fourth-order valence-corrected chi connectivity index (χ4v) is 2.93. The molecule has 5 nitrogen and oxygen atoms in total. The smallest absolute Gasteiger partial charge is 0.275 e. The van der Waals surface area contributed by atoms with Crippen molar-refractivity contribution in [2.75, 3.05) is 6.54 Å². The normalized spacial score (nSPS) is 18.9. The summed E-state index contributed by atoms with van der Waals surface area (Å²) in [6, 6.07) is 7.56. The summed E-state index contributed by atoms with van der Waals surface area (Å²) < 4.78 is 1.27. The van der Waals surface area contributed by atoms with Crippen molar-refractivity contribution in [1.82, 2.24) is 14.7 Å². The lowest BCUT2D eigenvalue weighted by molar-refractivity contribution is -0.135. The minimum absolute atomic E-state index is 0.0212. The molecule has 1 saturated heterocycles. The van der Waals surface area contributed by atoms with Crippen LogP contribution in [0.3, 0.4) is 0 Å². The van der Waals surface area contributed by atoms with Crippen LogP contribution >= 0.6 is 0 Å². The van der Waals surface area contributed by atoms with E-state index in [1.807, 2.05) is 23.1 Å². The Morgan fingerprint density at radius 1 is 1.33 bits per heavy atom. The van der Waals surface area contributed by atoms with Crippen LogP contribution in [-0.2, 0) is 11.3 Å². The fourth-order valence-electron chi connectivity index (χ4n) is 2.93. The molecule has 0 aliphatic carbocycles. The van der Waals surface area contributed by atoms with Crippen LogP contribution < -0.4 is 5.56 Å². The van der Waals surface area contributed by atoms with Crippen LogP contribution in [0.15, 0.2) is 35.3 Å². The molecule has 0 spiro atoms. The molecule has 1 aliphatic heterocycles. The summed E-state index contributed by atoms with van der Waals surface area (Å²) in [5.41, 5.74) is -0.203. The average molecular weight is 285 g/mol. The summed E-state index contributed by atoms with van der Waals surface area (Å²) >= 11 is 0. The van der Waals surface area contributed by atoms with E-state index in [0.29, 0.717) is 5.39 Å². The van der Waals surface area contributed by atoms with Crippen molar-refractivity contribution in [3.8, 4) is 0 Å². The third-order valence-electron chi connectivity index (χ3n) is 4.17. The second-order valence-corrected chi connectivity index (χ2v) is 5.63. The van der Waals surface area contributed by atoms with E-state index in [2.05, 4.69) is 12.0 Å². The van der Waals surface area contributed by atoms with Gasteiger partial charge in [0.2, 0.25) is 5.91 Å². The molecule has 1 fully saturated rings. The van der Waals surface area contributed by atoms with Crippen molar-refractivity contribution in [3.63, 3.8) is 0 Å². The maximum atomic E-state index is 12.4. The van der Waals surface area contributed by atoms with Crippen molar-refractivity contribution in [3.05, 3.63) is 40.8 Å². The number of carbonyl (C=O) groups excluding carboxylic acids is 1. The zero-order chi connectivity index (χ0) is 14.8. The molecule has 5 heteroatoms. The number of piperidine rings is 1. The van der Waals surface area contributed by atoms with Gasteiger partial charge in [0.1, 0.15) is 6.54 Å². The van der Waals surface area contributed by atoms with Crippen LogP contribution in [0, 0.1) is 0 Å². The van der Waals surface area contributed by atoms with Crippen molar-refractivity contribution < 1.29 is 4.79 Å². The molecule has 0 N–H and O–H groups in total. The first-order valence-electron chi connectivity index (χ1n) is 7.41. The van der Waals surface area contributed by atoms with Crippen LogP contribution in [0.25, 0.3) is 10.8 Å². The molecule has 1 aromatic carbocycles. The second-order valence-electron chi connectivity index (χ2n) is 5.63. The van der Waals surface area contributed by atoms with Crippen LogP contribution in [0.4, 0.5) is 0 Å². The Bertz CT molecular complexity index is 723. The zero-order valence-corrected chi connectivity index (χ0v) is 12.2. The predicted molar refractivity (Wildman–Crippen MR) is 81.0 cm³/mol. The number of rotatable bonds is 2. The third kappa shape index (κ3) is 2.68. The van der Waals surface area contributed by atoms with E-state index in [9.17, 15) is 9.59 Å². The minimum Gasteiger partial charge on any atom is -0.338 e. The Balaban J connectivity index is 1.86. The van der Waals surface area contributed by atoms with E-state index in [0.717, 1.165) is 24.8 Å². The number of fused-ring (bicyclic) bond motifs is 1. The maximum Gasteiger partial charge on any atom is 0.275 e. The van der Waals surface area contributed by atoms with Gasteiger partial charge in [0.15, 0.2) is 0 Å². The van der Waals surface area contributed by atoms with Gasteiger partial charge in [-0.25, -0.2) is 4.68 Å². The van der Waals surface area contributed by atoms with Gasteiger partial charge in [-0.15, -0.1) is 0 Å². The third-order valence-corrected chi connectivity index (χ3v) is 4.17. The number of nitrogens with zero attached hydrogens (tertiary/aromatic N) is 3. The molecule has 0 bridgehead atoms. The van der Waals surface area contributed by atoms with Gasteiger partial charge in [-0.05, 0) is 32.3 Å². The Kier molecular flexibility index (Phi) is 3.73. The van der Waals surface area contributed by atoms with Gasteiger partial charge in [0.05, 0.1) is 11.6 Å². The van der Waals surface area contributed by atoms with Crippen LogP contribution in [0.2, 0.25) is 0 Å². The lowest BCUT2D eigenvalue weighted by Gasteiger charge is -2.33. The van der Waals surface area contributed by atoms with Gasteiger partial charge < -0.3 is 4.90 Å². The van der Waals surface area contributed by atoms with E-state index >= 15 is 0 Å². The number of aromatic nitrogens is 2. The molecule has 0 radical (unpaired) electrons. The maximum absolute atomic E-state index is 12.4. The van der Waals surface area contributed by atoms with Crippen molar-refractivity contribution in [1.29, 1.82) is 0 Å². The molecular weight excluding hydrogens is 266 g/mol. The number of hydrogen-bond donors (Lipinski definition) is 0. The molecule has 1 aromatic heterocycles. The van der Waals surface area contributed by atoms with Crippen LogP contribution in [0.1, 0.15) is 26.2 Å². The lowest BCUT2D eigenvalue weighted by Crippen LogP contribution is -2.45. The first-order valence-corrected chi connectivity index (χ1v) is 7.41. The van der Waals surface area contributed by atoms with Gasteiger partial charge in [0.25, 0.3) is 5.56 Å². The van der Waals surface area contributed by atoms with E-state index in [4.69, 9.17) is 0 Å². The standard InChI is InChI=1S/C16H19N3O2/c1-12-6-4-5-9-18(12)15(20)11-19-16(21)14-8-3-2-7-13(14)10-17-19/h2-3,7-8,10,12H,4-6,9,11H2,1H3/t12-/m0/s1. The van der Waals surface area contributed by atoms with Gasteiger partial charge in [-0.2, -0.15) is 5.10 Å². The largest absolute Gasteiger partial charge is 0.338 e. The zero-order valence-electron chi connectivity index (χ0n) is 12.2. The molecule has 3 rings (SSSR count). The molecule has 0 saturated carbocycles. The molecule has 2 heterocycles. The monoisotopic (exact) mass is 285 g/mol. The topological polar surface area (TPSA) is 55.2 Å². The molecule has 110 valence electrons. The minimum atomic E-state index is -0.203. The first kappa shape index (κ1) is 13.8. The first-order chi connectivity index (χ1) is 10.2. The van der Waals surface area contributed by atoms with Gasteiger partial charge in [0, 0.05) is 18.0 Å².